The predicted molar refractivity (Wildman–Crippen MR) is 77.6 cm³/mol. The van der Waals surface area contributed by atoms with E-state index in [-0.39, 0.29) is 12.4 Å². The molecule has 2 rings (SSSR count). The number of carbonyl (C=O) groups is 2. The standard InChI is InChI=1S/C16H16O6/c1-10-12(6-7-21-10)16(18)22-9-13(17)11-4-5-14(19-2)15(8-11)20-3/h4-8H,9H2,1-3H3. The Morgan fingerprint density at radius 3 is 2.41 bits per heavy atom. The number of esters is 1. The second-order valence-corrected chi connectivity index (χ2v) is 4.46. The van der Waals surface area contributed by atoms with Crippen LogP contribution in [0.1, 0.15) is 26.5 Å². The number of furan rings is 1. The zero-order chi connectivity index (χ0) is 16.1. The van der Waals surface area contributed by atoms with Crippen molar-refractivity contribution in [3.63, 3.8) is 0 Å². The van der Waals surface area contributed by atoms with Gasteiger partial charge in [0.25, 0.3) is 0 Å². The first kappa shape index (κ1) is 15.6. The van der Waals surface area contributed by atoms with Crippen molar-refractivity contribution in [1.29, 1.82) is 0 Å². The monoisotopic (exact) mass is 304 g/mol. The van der Waals surface area contributed by atoms with Gasteiger partial charge in [0.05, 0.1) is 20.5 Å². The molecule has 0 aliphatic carbocycles. The molecule has 2 aromatic rings. The molecule has 1 heterocycles. The van der Waals surface area contributed by atoms with Gasteiger partial charge in [-0.15, -0.1) is 0 Å². The lowest BCUT2D eigenvalue weighted by atomic mass is 10.1. The van der Waals surface area contributed by atoms with E-state index in [1.807, 2.05) is 0 Å². The number of benzene rings is 1. The lowest BCUT2D eigenvalue weighted by Gasteiger charge is -2.09. The Labute approximate surface area is 127 Å². The molecular formula is C16H16O6. The number of ether oxygens (including phenoxy) is 3. The third-order valence-corrected chi connectivity index (χ3v) is 3.12. The quantitative estimate of drug-likeness (QED) is 0.603. The maximum Gasteiger partial charge on any atom is 0.342 e. The molecule has 0 aliphatic heterocycles. The lowest BCUT2D eigenvalue weighted by Crippen LogP contribution is -2.14. The minimum absolute atomic E-state index is 0.306. The van der Waals surface area contributed by atoms with Crippen molar-refractivity contribution in [2.24, 2.45) is 0 Å². The van der Waals surface area contributed by atoms with Crippen LogP contribution in [-0.4, -0.2) is 32.6 Å². The van der Waals surface area contributed by atoms with E-state index in [0.29, 0.717) is 28.4 Å². The highest BCUT2D eigenvalue weighted by Gasteiger charge is 2.16. The molecule has 0 saturated heterocycles. The molecule has 0 radical (unpaired) electrons. The van der Waals surface area contributed by atoms with Gasteiger partial charge in [-0.25, -0.2) is 4.79 Å². The molecule has 0 N–H and O–H groups in total. The average Bonchev–Trinajstić information content (AvgIpc) is 2.97. The minimum atomic E-state index is -0.597. The molecule has 0 saturated carbocycles. The van der Waals surface area contributed by atoms with E-state index >= 15 is 0 Å². The first-order valence-corrected chi connectivity index (χ1v) is 6.53. The Morgan fingerprint density at radius 1 is 1.09 bits per heavy atom. The highest BCUT2D eigenvalue weighted by atomic mass is 16.5. The van der Waals surface area contributed by atoms with Gasteiger partial charge < -0.3 is 18.6 Å². The fourth-order valence-corrected chi connectivity index (χ4v) is 1.90. The number of aryl methyl sites for hydroxylation is 1. The van der Waals surface area contributed by atoms with Gasteiger partial charge in [-0.05, 0) is 31.2 Å². The van der Waals surface area contributed by atoms with Gasteiger partial charge in [-0.2, -0.15) is 0 Å². The summed E-state index contributed by atoms with van der Waals surface area (Å²) in [6.45, 7) is 1.28. The number of hydrogen-bond acceptors (Lipinski definition) is 6. The van der Waals surface area contributed by atoms with Crippen LogP contribution in [0, 0.1) is 6.92 Å². The summed E-state index contributed by atoms with van der Waals surface area (Å²) in [6.07, 6.45) is 1.39. The van der Waals surface area contributed by atoms with Gasteiger partial charge >= 0.3 is 5.97 Å². The van der Waals surface area contributed by atoms with Crippen LogP contribution in [0.3, 0.4) is 0 Å². The highest BCUT2D eigenvalue weighted by Crippen LogP contribution is 2.27. The van der Waals surface area contributed by atoms with Crippen LogP contribution in [0.5, 0.6) is 11.5 Å². The maximum atomic E-state index is 12.1. The van der Waals surface area contributed by atoms with E-state index in [1.165, 1.54) is 32.6 Å². The van der Waals surface area contributed by atoms with E-state index in [4.69, 9.17) is 18.6 Å². The van der Waals surface area contributed by atoms with Crippen LogP contribution >= 0.6 is 0 Å². The van der Waals surface area contributed by atoms with Crippen LogP contribution in [0.2, 0.25) is 0 Å². The molecule has 22 heavy (non-hydrogen) atoms. The molecule has 1 aromatic heterocycles. The first-order valence-electron chi connectivity index (χ1n) is 6.53. The van der Waals surface area contributed by atoms with Gasteiger partial charge in [0, 0.05) is 5.56 Å². The Balaban J connectivity index is 2.03. The fraction of sp³-hybridized carbons (Fsp3) is 0.250. The Morgan fingerprint density at radius 2 is 1.82 bits per heavy atom. The zero-order valence-electron chi connectivity index (χ0n) is 12.5. The minimum Gasteiger partial charge on any atom is -0.493 e. The summed E-state index contributed by atoms with van der Waals surface area (Å²) in [4.78, 5) is 23.9. The molecule has 6 nitrogen and oxygen atoms in total. The smallest absolute Gasteiger partial charge is 0.342 e. The third-order valence-electron chi connectivity index (χ3n) is 3.12. The maximum absolute atomic E-state index is 12.1. The first-order chi connectivity index (χ1) is 10.6. The largest absolute Gasteiger partial charge is 0.493 e. The van der Waals surface area contributed by atoms with Crippen LogP contribution in [0.4, 0.5) is 0 Å². The average molecular weight is 304 g/mol. The molecule has 0 spiro atoms. The van der Waals surface area contributed by atoms with E-state index in [1.54, 1.807) is 19.1 Å². The number of carbonyl (C=O) groups excluding carboxylic acids is 2. The number of rotatable bonds is 6. The summed E-state index contributed by atoms with van der Waals surface area (Å²) in [5, 5.41) is 0. The van der Waals surface area contributed by atoms with Crippen molar-refractivity contribution in [1.82, 2.24) is 0 Å². The Hall–Kier alpha value is -2.76. The molecule has 0 atom stereocenters. The van der Waals surface area contributed by atoms with Crippen LogP contribution in [0.15, 0.2) is 34.9 Å². The number of Topliss-reactive ketones (excluding diaryl/α,β-unsaturated/α-hetero) is 1. The van der Waals surface area contributed by atoms with E-state index in [9.17, 15) is 9.59 Å². The van der Waals surface area contributed by atoms with Crippen LogP contribution < -0.4 is 9.47 Å². The van der Waals surface area contributed by atoms with Crippen molar-refractivity contribution in [3.8, 4) is 11.5 Å². The summed E-state index contributed by atoms with van der Waals surface area (Å²) in [5.41, 5.74) is 0.675. The van der Waals surface area contributed by atoms with Crippen molar-refractivity contribution >= 4 is 11.8 Å². The van der Waals surface area contributed by atoms with Gasteiger partial charge in [0.2, 0.25) is 0 Å². The van der Waals surface area contributed by atoms with Crippen LogP contribution in [0.25, 0.3) is 0 Å². The number of ketones is 1. The molecule has 1 aromatic carbocycles. The molecule has 0 bridgehead atoms. The lowest BCUT2D eigenvalue weighted by molar-refractivity contribution is 0.0473. The Kier molecular flexibility index (Phi) is 4.83. The molecule has 116 valence electrons. The van der Waals surface area contributed by atoms with Crippen LogP contribution in [-0.2, 0) is 4.74 Å². The van der Waals surface area contributed by atoms with Gasteiger partial charge in [0.15, 0.2) is 23.9 Å². The fourth-order valence-electron chi connectivity index (χ4n) is 1.90. The Bertz CT molecular complexity index is 686. The summed E-state index contributed by atoms with van der Waals surface area (Å²) in [5.74, 6) is 0.467. The summed E-state index contributed by atoms with van der Waals surface area (Å²) < 4.78 is 20.2. The summed E-state index contributed by atoms with van der Waals surface area (Å²) in [6, 6.07) is 6.24. The van der Waals surface area contributed by atoms with Gasteiger partial charge in [-0.3, -0.25) is 4.79 Å². The molecule has 0 unspecified atom stereocenters. The number of methoxy groups -OCH3 is 2. The third kappa shape index (κ3) is 3.28. The van der Waals surface area contributed by atoms with E-state index in [2.05, 4.69) is 0 Å². The van der Waals surface area contributed by atoms with Crippen molar-refractivity contribution in [3.05, 3.63) is 47.4 Å². The summed E-state index contributed by atoms with van der Waals surface area (Å²) >= 11 is 0. The highest BCUT2D eigenvalue weighted by molar-refractivity contribution is 6.00. The molecule has 6 heteroatoms. The zero-order valence-corrected chi connectivity index (χ0v) is 12.5. The predicted octanol–water partition coefficient (Wildman–Crippen LogP) is 2.64. The van der Waals surface area contributed by atoms with Crippen molar-refractivity contribution < 1.29 is 28.2 Å². The molecule has 0 aliphatic rings. The van der Waals surface area contributed by atoms with Gasteiger partial charge in [0.1, 0.15) is 11.3 Å². The topological polar surface area (TPSA) is 75.0 Å². The van der Waals surface area contributed by atoms with Gasteiger partial charge in [-0.1, -0.05) is 0 Å². The van der Waals surface area contributed by atoms with E-state index < -0.39 is 5.97 Å². The second kappa shape index (κ2) is 6.80. The second-order valence-electron chi connectivity index (χ2n) is 4.46. The van der Waals surface area contributed by atoms with Crippen molar-refractivity contribution in [2.45, 2.75) is 6.92 Å². The summed E-state index contributed by atoms with van der Waals surface area (Å²) in [7, 11) is 2.99. The van der Waals surface area contributed by atoms with E-state index in [0.717, 1.165) is 0 Å². The molecular weight excluding hydrogens is 288 g/mol. The molecule has 0 fully saturated rings. The number of hydrogen-bond donors (Lipinski definition) is 0. The normalized spacial score (nSPS) is 10.1. The SMILES string of the molecule is COc1ccc(C(=O)COC(=O)c2ccoc2C)cc1OC. The molecule has 0 amide bonds. The van der Waals surface area contributed by atoms with Crippen molar-refractivity contribution in [2.75, 3.05) is 20.8 Å².